The van der Waals surface area contributed by atoms with Gasteiger partial charge in [0.05, 0.1) is 30.2 Å². The van der Waals surface area contributed by atoms with E-state index in [4.69, 9.17) is 18.7 Å². The van der Waals surface area contributed by atoms with Gasteiger partial charge in [0, 0.05) is 19.2 Å². The first-order valence-corrected chi connectivity index (χ1v) is 12.0. The molecule has 3 rings (SSSR count). The van der Waals surface area contributed by atoms with Crippen LogP contribution >= 0.6 is 0 Å². The summed E-state index contributed by atoms with van der Waals surface area (Å²) in [5.41, 5.74) is 1.30. The van der Waals surface area contributed by atoms with Crippen molar-refractivity contribution in [1.29, 1.82) is 0 Å². The lowest BCUT2D eigenvalue weighted by atomic mass is 10.1. The van der Waals surface area contributed by atoms with Crippen LogP contribution in [0.25, 0.3) is 11.4 Å². The third kappa shape index (κ3) is 5.20. The normalized spacial score (nSPS) is 11.5. The minimum Gasteiger partial charge on any atom is -0.497 e. The Labute approximate surface area is 198 Å². The van der Waals surface area contributed by atoms with E-state index >= 15 is 0 Å². The lowest BCUT2D eigenvalue weighted by Gasteiger charge is -2.19. The van der Waals surface area contributed by atoms with Crippen molar-refractivity contribution in [2.75, 3.05) is 27.3 Å². The molecule has 182 valence electrons. The highest BCUT2D eigenvalue weighted by Gasteiger charge is 2.24. The van der Waals surface area contributed by atoms with E-state index in [0.717, 1.165) is 0 Å². The second-order valence-electron chi connectivity index (χ2n) is 7.22. The number of carbonyl (C=O) groups excluding carboxylic acids is 1. The summed E-state index contributed by atoms with van der Waals surface area (Å²) >= 11 is 0. The Morgan fingerprint density at radius 1 is 1.06 bits per heavy atom. The maximum Gasteiger partial charge on any atom is 0.338 e. The van der Waals surface area contributed by atoms with Gasteiger partial charge in [0.2, 0.25) is 15.8 Å². The molecule has 10 nitrogen and oxygen atoms in total. The molecule has 0 N–H and O–H groups in total. The molecule has 0 saturated heterocycles. The largest absolute Gasteiger partial charge is 0.497 e. The van der Waals surface area contributed by atoms with Crippen LogP contribution in [0, 0.1) is 6.92 Å². The van der Waals surface area contributed by atoms with E-state index in [1.165, 1.54) is 23.5 Å². The molecule has 0 aliphatic rings. The molecule has 1 heterocycles. The molecule has 0 atom stereocenters. The Bertz CT molecular complexity index is 1270. The number of esters is 1. The molecule has 0 aliphatic heterocycles. The molecule has 3 aromatic rings. The summed E-state index contributed by atoms with van der Waals surface area (Å²) in [6.07, 6.45) is 0. The van der Waals surface area contributed by atoms with Gasteiger partial charge in [0.15, 0.2) is 6.61 Å². The van der Waals surface area contributed by atoms with Crippen molar-refractivity contribution in [3.8, 4) is 22.9 Å². The monoisotopic (exact) mass is 489 g/mol. The number of rotatable bonds is 10. The van der Waals surface area contributed by atoms with E-state index in [2.05, 4.69) is 10.1 Å². The van der Waals surface area contributed by atoms with Crippen molar-refractivity contribution >= 4 is 16.0 Å². The lowest BCUT2D eigenvalue weighted by molar-refractivity contribution is 0.0428. The van der Waals surface area contributed by atoms with Crippen LogP contribution in [0.2, 0.25) is 0 Å². The SMILES string of the molecule is CCN(CC)S(=O)(=O)c1ccc(C)c(C(=O)OCc2nc(-c3ccc(OC)cc3OC)no2)c1. The van der Waals surface area contributed by atoms with Gasteiger partial charge in [0.1, 0.15) is 11.5 Å². The minimum absolute atomic E-state index is 0.0282. The highest BCUT2D eigenvalue weighted by atomic mass is 32.2. The van der Waals surface area contributed by atoms with Crippen molar-refractivity contribution in [2.24, 2.45) is 0 Å². The fourth-order valence-electron chi connectivity index (χ4n) is 3.31. The number of hydrogen-bond acceptors (Lipinski definition) is 9. The number of aryl methyl sites for hydroxylation is 1. The van der Waals surface area contributed by atoms with E-state index in [1.54, 1.807) is 52.1 Å². The summed E-state index contributed by atoms with van der Waals surface area (Å²) in [5, 5.41) is 3.92. The predicted octanol–water partition coefficient (Wildman–Crippen LogP) is 3.45. The molecule has 0 bridgehead atoms. The first-order chi connectivity index (χ1) is 16.2. The third-order valence-corrected chi connectivity index (χ3v) is 7.26. The summed E-state index contributed by atoms with van der Waals surface area (Å²) in [5.74, 6) is 0.736. The highest BCUT2D eigenvalue weighted by molar-refractivity contribution is 7.89. The van der Waals surface area contributed by atoms with Gasteiger partial charge in [-0.05, 0) is 36.8 Å². The average molecular weight is 490 g/mol. The Morgan fingerprint density at radius 2 is 1.79 bits per heavy atom. The molecule has 0 unspecified atom stereocenters. The Hall–Kier alpha value is -3.44. The first kappa shape index (κ1) is 25.2. The number of sulfonamides is 1. The standard InChI is InChI=1S/C23H27N3O7S/c1-6-26(7-2)34(28,29)17-10-8-15(3)19(13-17)23(27)32-14-21-24-22(25-33-21)18-11-9-16(30-4)12-20(18)31-5/h8-13H,6-7,14H2,1-5H3. The molecule has 2 aromatic carbocycles. The van der Waals surface area contributed by atoms with Crippen molar-refractivity contribution in [1.82, 2.24) is 14.4 Å². The van der Waals surface area contributed by atoms with E-state index in [9.17, 15) is 13.2 Å². The second kappa shape index (κ2) is 10.7. The number of benzene rings is 2. The molecule has 0 radical (unpaired) electrons. The lowest BCUT2D eigenvalue weighted by Crippen LogP contribution is -2.30. The summed E-state index contributed by atoms with van der Waals surface area (Å²) in [6, 6.07) is 9.53. The fourth-order valence-corrected chi connectivity index (χ4v) is 4.79. The fraction of sp³-hybridized carbons (Fsp3) is 0.348. The Balaban J connectivity index is 1.77. The number of aromatic nitrogens is 2. The molecule has 0 fully saturated rings. The molecule has 1 aromatic heterocycles. The Morgan fingerprint density at radius 3 is 2.44 bits per heavy atom. The quantitative estimate of drug-likeness (QED) is 0.394. The van der Waals surface area contributed by atoms with Gasteiger partial charge in [-0.25, -0.2) is 13.2 Å². The van der Waals surface area contributed by atoms with Crippen LogP contribution in [0.15, 0.2) is 45.8 Å². The van der Waals surface area contributed by atoms with Crippen LogP contribution in [0.1, 0.15) is 35.7 Å². The average Bonchev–Trinajstić information content (AvgIpc) is 3.31. The molecule has 0 saturated carbocycles. The summed E-state index contributed by atoms with van der Waals surface area (Å²) in [4.78, 5) is 17.0. The van der Waals surface area contributed by atoms with Gasteiger partial charge in [-0.15, -0.1) is 0 Å². The molecule has 0 spiro atoms. The van der Waals surface area contributed by atoms with Crippen molar-refractivity contribution in [2.45, 2.75) is 32.3 Å². The van der Waals surface area contributed by atoms with Crippen LogP contribution in [0.4, 0.5) is 0 Å². The molecule has 34 heavy (non-hydrogen) atoms. The minimum atomic E-state index is -3.72. The number of methoxy groups -OCH3 is 2. The summed E-state index contributed by atoms with van der Waals surface area (Å²) in [6.45, 7) is 5.58. The smallest absolute Gasteiger partial charge is 0.338 e. The van der Waals surface area contributed by atoms with Gasteiger partial charge >= 0.3 is 5.97 Å². The van der Waals surface area contributed by atoms with Gasteiger partial charge in [0.25, 0.3) is 5.89 Å². The summed E-state index contributed by atoms with van der Waals surface area (Å²) < 4.78 is 48.0. The summed E-state index contributed by atoms with van der Waals surface area (Å²) in [7, 11) is -0.657. The molecule has 0 aliphatic carbocycles. The Kier molecular flexibility index (Phi) is 7.90. The zero-order valence-corrected chi connectivity index (χ0v) is 20.5. The molecular weight excluding hydrogens is 462 g/mol. The van der Waals surface area contributed by atoms with E-state index in [-0.39, 0.29) is 28.8 Å². The second-order valence-corrected chi connectivity index (χ2v) is 9.16. The van der Waals surface area contributed by atoms with E-state index in [1.807, 2.05) is 0 Å². The van der Waals surface area contributed by atoms with Gasteiger partial charge < -0.3 is 18.7 Å². The van der Waals surface area contributed by atoms with Gasteiger partial charge in [-0.2, -0.15) is 9.29 Å². The maximum atomic E-state index is 12.8. The van der Waals surface area contributed by atoms with E-state index in [0.29, 0.717) is 35.7 Å². The van der Waals surface area contributed by atoms with Gasteiger partial charge in [-0.3, -0.25) is 0 Å². The highest BCUT2D eigenvalue weighted by Crippen LogP contribution is 2.31. The van der Waals surface area contributed by atoms with Crippen LogP contribution in [0.3, 0.4) is 0 Å². The van der Waals surface area contributed by atoms with Crippen LogP contribution < -0.4 is 9.47 Å². The number of ether oxygens (including phenoxy) is 3. The first-order valence-electron chi connectivity index (χ1n) is 10.6. The maximum absolute atomic E-state index is 12.8. The molecule has 11 heteroatoms. The van der Waals surface area contributed by atoms with Crippen LogP contribution in [0.5, 0.6) is 11.5 Å². The number of carbonyl (C=O) groups is 1. The van der Waals surface area contributed by atoms with E-state index < -0.39 is 16.0 Å². The number of nitrogens with zero attached hydrogens (tertiary/aromatic N) is 3. The predicted molar refractivity (Wildman–Crippen MR) is 123 cm³/mol. The molecular formula is C23H27N3O7S. The zero-order chi connectivity index (χ0) is 24.9. The van der Waals surface area contributed by atoms with Gasteiger partial charge in [-0.1, -0.05) is 25.1 Å². The zero-order valence-electron chi connectivity index (χ0n) is 19.7. The van der Waals surface area contributed by atoms with Crippen molar-refractivity contribution in [3.05, 3.63) is 53.4 Å². The van der Waals surface area contributed by atoms with Crippen molar-refractivity contribution < 1.29 is 31.9 Å². The van der Waals surface area contributed by atoms with Crippen LogP contribution in [-0.2, 0) is 21.4 Å². The number of hydrogen-bond donors (Lipinski definition) is 0. The van der Waals surface area contributed by atoms with Crippen molar-refractivity contribution in [3.63, 3.8) is 0 Å². The van der Waals surface area contributed by atoms with Crippen LogP contribution in [-0.4, -0.2) is 56.1 Å². The topological polar surface area (TPSA) is 121 Å². The third-order valence-electron chi connectivity index (χ3n) is 5.22. The molecule has 0 amide bonds.